The van der Waals surface area contributed by atoms with Crippen LogP contribution in [-0.2, 0) is 11.3 Å². The van der Waals surface area contributed by atoms with Crippen molar-refractivity contribution >= 4 is 28.6 Å². The van der Waals surface area contributed by atoms with Gasteiger partial charge < -0.3 is 19.3 Å². The normalized spacial score (nSPS) is 14.1. The molecule has 0 saturated carbocycles. The molecule has 1 aliphatic rings. The van der Waals surface area contributed by atoms with Crippen LogP contribution < -0.4 is 5.56 Å². The minimum atomic E-state index is -1.28. The fourth-order valence-electron chi connectivity index (χ4n) is 3.44. The molecule has 3 heterocycles. The summed E-state index contributed by atoms with van der Waals surface area (Å²) in [6.45, 7) is 0.853. The molecule has 1 fully saturated rings. The van der Waals surface area contributed by atoms with Crippen molar-refractivity contribution in [1.82, 2.24) is 19.6 Å². The third kappa shape index (κ3) is 3.54. The monoisotopic (exact) mass is 410 g/mol. The van der Waals surface area contributed by atoms with Gasteiger partial charge in [0, 0.05) is 31.6 Å². The van der Waals surface area contributed by atoms with Crippen LogP contribution in [0, 0.1) is 0 Å². The highest BCUT2D eigenvalue weighted by molar-refractivity contribution is 6.01. The van der Waals surface area contributed by atoms with Gasteiger partial charge in [0.05, 0.1) is 11.6 Å². The van der Waals surface area contributed by atoms with E-state index in [1.54, 1.807) is 29.2 Å². The van der Waals surface area contributed by atoms with Crippen LogP contribution in [0.25, 0.3) is 10.8 Å². The Morgan fingerprint density at radius 3 is 2.27 bits per heavy atom. The van der Waals surface area contributed by atoms with Crippen molar-refractivity contribution in [3.63, 3.8) is 0 Å². The lowest BCUT2D eigenvalue weighted by molar-refractivity contribution is -0.133. The molecule has 2 aromatic heterocycles. The Bertz CT molecular complexity index is 1180. The lowest BCUT2D eigenvalue weighted by Gasteiger charge is -2.34. The number of carboxylic acids is 1. The average molecular weight is 410 g/mol. The van der Waals surface area contributed by atoms with E-state index in [9.17, 15) is 24.3 Å². The summed E-state index contributed by atoms with van der Waals surface area (Å²) in [6, 6.07) is 9.47. The third-order valence-electron chi connectivity index (χ3n) is 5.01. The summed E-state index contributed by atoms with van der Waals surface area (Å²) in [5.41, 5.74) is -0.817. The van der Waals surface area contributed by atoms with Gasteiger partial charge in [-0.05, 0) is 18.2 Å². The first-order valence-corrected chi connectivity index (χ1v) is 9.29. The number of amides is 2. The Kier molecular flexibility index (Phi) is 5.05. The number of carbonyl (C=O) groups excluding carboxylic acids is 2. The number of fused-ring (bicyclic) bond motifs is 1. The number of furan rings is 1. The van der Waals surface area contributed by atoms with Gasteiger partial charge in [0.15, 0.2) is 11.5 Å². The molecule has 30 heavy (non-hydrogen) atoms. The molecule has 1 N–H and O–H groups in total. The molecule has 10 nitrogen and oxygen atoms in total. The molecule has 0 unspecified atom stereocenters. The Morgan fingerprint density at radius 2 is 1.63 bits per heavy atom. The maximum atomic E-state index is 12.7. The summed E-state index contributed by atoms with van der Waals surface area (Å²) < 4.78 is 6.00. The first-order valence-electron chi connectivity index (χ1n) is 9.29. The second-order valence-electron chi connectivity index (χ2n) is 6.81. The van der Waals surface area contributed by atoms with Gasteiger partial charge in [0.2, 0.25) is 5.91 Å². The highest BCUT2D eigenvalue weighted by Crippen LogP contribution is 2.14. The Morgan fingerprint density at radius 1 is 0.967 bits per heavy atom. The predicted octanol–water partition coefficient (Wildman–Crippen LogP) is 0.672. The minimum absolute atomic E-state index is 0.187. The Balaban J connectivity index is 1.49. The summed E-state index contributed by atoms with van der Waals surface area (Å²) in [5, 5.41) is 13.7. The topological polar surface area (TPSA) is 126 Å². The number of aromatic carboxylic acids is 1. The molecule has 10 heteroatoms. The molecule has 1 saturated heterocycles. The quantitative estimate of drug-likeness (QED) is 0.670. The fraction of sp³-hybridized carbons (Fsp3) is 0.250. The maximum Gasteiger partial charge on any atom is 0.357 e. The zero-order chi connectivity index (χ0) is 21.3. The third-order valence-corrected chi connectivity index (χ3v) is 5.01. The van der Waals surface area contributed by atoms with Crippen LogP contribution in [0.3, 0.4) is 0 Å². The molecule has 4 rings (SSSR count). The number of hydrogen-bond acceptors (Lipinski definition) is 6. The van der Waals surface area contributed by atoms with Crippen molar-refractivity contribution in [3.8, 4) is 0 Å². The summed E-state index contributed by atoms with van der Waals surface area (Å²) >= 11 is 0. The van der Waals surface area contributed by atoms with E-state index in [0.29, 0.717) is 26.2 Å². The van der Waals surface area contributed by atoms with Gasteiger partial charge in [-0.25, -0.2) is 9.48 Å². The molecule has 0 bridgehead atoms. The van der Waals surface area contributed by atoms with Gasteiger partial charge in [0.25, 0.3) is 11.5 Å². The van der Waals surface area contributed by atoms with Crippen molar-refractivity contribution in [3.05, 3.63) is 64.5 Å². The van der Waals surface area contributed by atoms with Gasteiger partial charge >= 0.3 is 5.97 Å². The Hall–Kier alpha value is -3.95. The number of benzene rings is 1. The van der Waals surface area contributed by atoms with E-state index in [-0.39, 0.29) is 40.6 Å². The molecular formula is C20H18N4O6. The van der Waals surface area contributed by atoms with Crippen LogP contribution in [0.15, 0.2) is 51.9 Å². The number of nitrogens with zero attached hydrogens (tertiary/aromatic N) is 4. The highest BCUT2D eigenvalue weighted by atomic mass is 16.4. The molecule has 3 aromatic rings. The van der Waals surface area contributed by atoms with Crippen molar-refractivity contribution < 1.29 is 23.9 Å². The van der Waals surface area contributed by atoms with E-state index in [4.69, 9.17) is 4.42 Å². The molecule has 2 amide bonds. The van der Waals surface area contributed by atoms with Gasteiger partial charge in [-0.2, -0.15) is 5.10 Å². The van der Waals surface area contributed by atoms with Gasteiger partial charge in [-0.1, -0.05) is 18.2 Å². The molecule has 1 aromatic carbocycles. The second-order valence-corrected chi connectivity index (χ2v) is 6.81. The molecule has 1 aliphatic heterocycles. The standard InChI is InChI=1S/C20H18N4O6/c25-16(22-7-9-23(10-8-22)19(27)15-6-3-11-30-15)12-24-18(26)14-5-2-1-4-13(14)17(21-24)20(28)29/h1-6,11H,7-10,12H2,(H,28,29). The minimum Gasteiger partial charge on any atom is -0.476 e. The zero-order valence-electron chi connectivity index (χ0n) is 15.9. The van der Waals surface area contributed by atoms with Gasteiger partial charge in [-0.15, -0.1) is 0 Å². The van der Waals surface area contributed by atoms with Gasteiger partial charge in [-0.3, -0.25) is 14.4 Å². The zero-order valence-corrected chi connectivity index (χ0v) is 15.9. The van der Waals surface area contributed by atoms with E-state index in [0.717, 1.165) is 4.68 Å². The number of rotatable bonds is 4. The largest absolute Gasteiger partial charge is 0.476 e. The molecule has 0 radical (unpaired) electrons. The molecule has 0 aliphatic carbocycles. The molecule has 0 spiro atoms. The van der Waals surface area contributed by atoms with Crippen molar-refractivity contribution in [1.29, 1.82) is 0 Å². The number of carboxylic acid groups (broad SMARTS) is 1. The SMILES string of the molecule is O=C(O)c1nn(CC(=O)N2CCN(C(=O)c3ccco3)CC2)c(=O)c2ccccc12. The van der Waals surface area contributed by atoms with E-state index in [1.807, 2.05) is 0 Å². The Labute approximate surface area is 169 Å². The number of piperazine rings is 1. The maximum absolute atomic E-state index is 12.7. The van der Waals surface area contributed by atoms with Crippen LogP contribution in [0.1, 0.15) is 21.0 Å². The van der Waals surface area contributed by atoms with E-state index >= 15 is 0 Å². The summed E-state index contributed by atoms with van der Waals surface area (Å²) in [7, 11) is 0. The van der Waals surface area contributed by atoms with Crippen LogP contribution >= 0.6 is 0 Å². The second kappa shape index (κ2) is 7.82. The molecular weight excluding hydrogens is 392 g/mol. The lowest BCUT2D eigenvalue weighted by Crippen LogP contribution is -2.51. The number of hydrogen-bond donors (Lipinski definition) is 1. The van der Waals surface area contributed by atoms with Crippen molar-refractivity contribution in [2.45, 2.75) is 6.54 Å². The van der Waals surface area contributed by atoms with Crippen LogP contribution in [0.4, 0.5) is 0 Å². The number of carbonyl (C=O) groups is 3. The van der Waals surface area contributed by atoms with Crippen LogP contribution in [-0.4, -0.2) is 68.6 Å². The summed E-state index contributed by atoms with van der Waals surface area (Å²) in [4.78, 5) is 52.3. The summed E-state index contributed by atoms with van der Waals surface area (Å²) in [5.74, 6) is -1.66. The molecule has 0 atom stereocenters. The number of aromatic nitrogens is 2. The van der Waals surface area contributed by atoms with Crippen molar-refractivity contribution in [2.75, 3.05) is 26.2 Å². The highest BCUT2D eigenvalue weighted by Gasteiger charge is 2.27. The van der Waals surface area contributed by atoms with E-state index in [2.05, 4.69) is 5.10 Å². The van der Waals surface area contributed by atoms with E-state index < -0.39 is 11.5 Å². The van der Waals surface area contributed by atoms with Crippen LogP contribution in [0.5, 0.6) is 0 Å². The first kappa shape index (κ1) is 19.4. The summed E-state index contributed by atoms with van der Waals surface area (Å²) in [6.07, 6.45) is 1.42. The lowest BCUT2D eigenvalue weighted by atomic mass is 10.1. The predicted molar refractivity (Wildman–Crippen MR) is 104 cm³/mol. The first-order chi connectivity index (χ1) is 14.5. The van der Waals surface area contributed by atoms with E-state index in [1.165, 1.54) is 23.3 Å². The smallest absolute Gasteiger partial charge is 0.357 e. The fourth-order valence-corrected chi connectivity index (χ4v) is 3.44. The van der Waals surface area contributed by atoms with Crippen LogP contribution in [0.2, 0.25) is 0 Å². The molecule has 154 valence electrons. The average Bonchev–Trinajstić information content (AvgIpc) is 3.30. The van der Waals surface area contributed by atoms with Gasteiger partial charge in [0.1, 0.15) is 6.54 Å². The van der Waals surface area contributed by atoms with Crippen molar-refractivity contribution in [2.24, 2.45) is 0 Å².